The normalized spacial score (nSPS) is 12.7. The second-order valence-electron chi connectivity index (χ2n) is 5.78. The van der Waals surface area contributed by atoms with Crippen LogP contribution in [-0.4, -0.2) is 22.8 Å². The van der Waals surface area contributed by atoms with Crippen LogP contribution < -0.4 is 5.32 Å². The summed E-state index contributed by atoms with van der Waals surface area (Å²) in [6.45, 7) is 8.84. The van der Waals surface area contributed by atoms with Gasteiger partial charge in [0.25, 0.3) is 0 Å². The molecule has 0 aliphatic heterocycles. The van der Waals surface area contributed by atoms with Crippen molar-refractivity contribution in [3.8, 4) is 0 Å². The minimum Gasteiger partial charge on any atom is -0.479 e. The van der Waals surface area contributed by atoms with Crippen LogP contribution >= 0.6 is 0 Å². The fourth-order valence-corrected chi connectivity index (χ4v) is 1.77. The number of nitrogens with one attached hydrogen (secondary N) is 1. The summed E-state index contributed by atoms with van der Waals surface area (Å²) in [5.41, 5.74) is 1.62. The summed E-state index contributed by atoms with van der Waals surface area (Å²) in [6, 6.07) is 4.36. The van der Waals surface area contributed by atoms with Crippen LogP contribution in [0.15, 0.2) is 18.2 Å². The molecule has 0 radical (unpaired) electrons. The van der Waals surface area contributed by atoms with Crippen LogP contribution in [0.4, 0.5) is 4.79 Å². The second kappa shape index (κ2) is 5.94. The third kappa shape index (κ3) is 4.57. The lowest BCUT2D eigenvalue weighted by Gasteiger charge is -2.23. The Balaban J connectivity index is 2.98. The first kappa shape index (κ1) is 16.0. The van der Waals surface area contributed by atoms with E-state index in [0.29, 0.717) is 5.56 Å². The number of aryl methyl sites for hydroxylation is 2. The first-order valence-electron chi connectivity index (χ1n) is 6.39. The Morgan fingerprint density at radius 3 is 2.35 bits per heavy atom. The predicted molar refractivity (Wildman–Crippen MR) is 75.7 cm³/mol. The van der Waals surface area contributed by atoms with Crippen molar-refractivity contribution in [3.05, 3.63) is 34.9 Å². The molecule has 1 unspecified atom stereocenters. The van der Waals surface area contributed by atoms with E-state index in [1.807, 2.05) is 26.0 Å². The summed E-state index contributed by atoms with van der Waals surface area (Å²) in [7, 11) is 0. The Morgan fingerprint density at radius 1 is 1.25 bits per heavy atom. The second-order valence-corrected chi connectivity index (χ2v) is 5.78. The molecule has 0 aliphatic rings. The molecule has 1 amide bonds. The van der Waals surface area contributed by atoms with Gasteiger partial charge in [-0.3, -0.25) is 0 Å². The van der Waals surface area contributed by atoms with Gasteiger partial charge in [0.1, 0.15) is 5.60 Å². The van der Waals surface area contributed by atoms with Crippen molar-refractivity contribution >= 4 is 12.1 Å². The van der Waals surface area contributed by atoms with Crippen molar-refractivity contribution in [2.75, 3.05) is 0 Å². The molecule has 1 rings (SSSR count). The maximum atomic E-state index is 11.7. The standard InChI is InChI=1S/C15H21NO4/c1-9-6-7-10(2)11(8-9)12(13(17)18)16-14(19)20-15(3,4)5/h6-8,12H,1-5H3,(H,16,19)(H,17,18). The van der Waals surface area contributed by atoms with Gasteiger partial charge < -0.3 is 15.2 Å². The summed E-state index contributed by atoms with van der Waals surface area (Å²) < 4.78 is 5.10. The Hall–Kier alpha value is -2.04. The molecule has 0 heterocycles. The Labute approximate surface area is 118 Å². The topological polar surface area (TPSA) is 75.6 Å². The molecule has 20 heavy (non-hydrogen) atoms. The fraction of sp³-hybridized carbons (Fsp3) is 0.467. The van der Waals surface area contributed by atoms with Crippen molar-refractivity contribution in [2.45, 2.75) is 46.3 Å². The maximum Gasteiger partial charge on any atom is 0.408 e. The quantitative estimate of drug-likeness (QED) is 0.892. The number of aliphatic carboxylic acids is 1. The molecule has 110 valence electrons. The molecular weight excluding hydrogens is 258 g/mol. The molecule has 0 bridgehead atoms. The van der Waals surface area contributed by atoms with Gasteiger partial charge in [-0.25, -0.2) is 9.59 Å². The van der Waals surface area contributed by atoms with Crippen LogP contribution in [0.2, 0.25) is 0 Å². The largest absolute Gasteiger partial charge is 0.479 e. The first-order valence-corrected chi connectivity index (χ1v) is 6.39. The molecule has 0 saturated heterocycles. The Morgan fingerprint density at radius 2 is 1.85 bits per heavy atom. The maximum absolute atomic E-state index is 11.7. The third-order valence-corrected chi connectivity index (χ3v) is 2.65. The molecule has 1 atom stereocenters. The van der Waals surface area contributed by atoms with Gasteiger partial charge in [-0.1, -0.05) is 23.8 Å². The van der Waals surface area contributed by atoms with Gasteiger partial charge in [-0.2, -0.15) is 0 Å². The highest BCUT2D eigenvalue weighted by Crippen LogP contribution is 2.20. The highest BCUT2D eigenvalue weighted by atomic mass is 16.6. The lowest BCUT2D eigenvalue weighted by Crippen LogP contribution is -2.38. The molecule has 0 saturated carbocycles. The van der Waals surface area contributed by atoms with Crippen molar-refractivity contribution in [1.29, 1.82) is 0 Å². The van der Waals surface area contributed by atoms with E-state index in [2.05, 4.69) is 5.32 Å². The summed E-state index contributed by atoms with van der Waals surface area (Å²) in [5.74, 6) is -1.12. The highest BCUT2D eigenvalue weighted by Gasteiger charge is 2.26. The summed E-state index contributed by atoms with van der Waals surface area (Å²) >= 11 is 0. The van der Waals surface area contributed by atoms with Gasteiger partial charge >= 0.3 is 12.1 Å². The zero-order valence-electron chi connectivity index (χ0n) is 12.5. The number of carbonyl (C=O) groups is 2. The average molecular weight is 279 g/mol. The molecule has 1 aromatic rings. The summed E-state index contributed by atoms with van der Waals surface area (Å²) in [6.07, 6.45) is -0.745. The highest BCUT2D eigenvalue weighted by molar-refractivity contribution is 5.82. The van der Waals surface area contributed by atoms with Crippen molar-refractivity contribution in [3.63, 3.8) is 0 Å². The molecule has 5 heteroatoms. The summed E-state index contributed by atoms with van der Waals surface area (Å²) in [4.78, 5) is 23.1. The number of hydrogen-bond acceptors (Lipinski definition) is 3. The van der Waals surface area contributed by atoms with Crippen molar-refractivity contribution in [1.82, 2.24) is 5.32 Å². The minimum atomic E-state index is -1.12. The van der Waals surface area contributed by atoms with Gasteiger partial charge in [0.2, 0.25) is 0 Å². The van der Waals surface area contributed by atoms with Gasteiger partial charge in [0, 0.05) is 0 Å². The van der Waals surface area contributed by atoms with E-state index in [0.717, 1.165) is 11.1 Å². The molecular formula is C15H21NO4. The van der Waals surface area contributed by atoms with Crippen LogP contribution in [0.3, 0.4) is 0 Å². The Bertz CT molecular complexity index is 517. The zero-order valence-corrected chi connectivity index (χ0v) is 12.5. The van der Waals surface area contributed by atoms with E-state index < -0.39 is 23.7 Å². The molecule has 0 spiro atoms. The van der Waals surface area contributed by atoms with Crippen LogP contribution in [-0.2, 0) is 9.53 Å². The number of ether oxygens (including phenoxy) is 1. The smallest absolute Gasteiger partial charge is 0.408 e. The van der Waals surface area contributed by atoms with Gasteiger partial charge in [0.05, 0.1) is 0 Å². The number of rotatable bonds is 3. The van der Waals surface area contributed by atoms with Crippen LogP contribution in [0.5, 0.6) is 0 Å². The van der Waals surface area contributed by atoms with Crippen LogP contribution in [0.1, 0.15) is 43.5 Å². The van der Waals surface area contributed by atoms with Crippen molar-refractivity contribution in [2.24, 2.45) is 0 Å². The minimum absolute atomic E-state index is 0.559. The number of carboxylic acid groups (broad SMARTS) is 1. The SMILES string of the molecule is Cc1ccc(C)c(C(NC(=O)OC(C)(C)C)C(=O)O)c1. The average Bonchev–Trinajstić information content (AvgIpc) is 2.27. The summed E-state index contributed by atoms with van der Waals surface area (Å²) in [5, 5.41) is 11.7. The third-order valence-electron chi connectivity index (χ3n) is 2.65. The lowest BCUT2D eigenvalue weighted by molar-refractivity contribution is -0.139. The van der Waals surface area contributed by atoms with Crippen LogP contribution in [0, 0.1) is 13.8 Å². The van der Waals surface area contributed by atoms with E-state index >= 15 is 0 Å². The van der Waals surface area contributed by atoms with E-state index in [1.165, 1.54) is 0 Å². The number of carbonyl (C=O) groups excluding carboxylic acids is 1. The van der Waals surface area contributed by atoms with Gasteiger partial charge in [0.15, 0.2) is 6.04 Å². The van der Waals surface area contributed by atoms with E-state index in [1.54, 1.807) is 26.8 Å². The van der Waals surface area contributed by atoms with Crippen LogP contribution in [0.25, 0.3) is 0 Å². The van der Waals surface area contributed by atoms with Crippen molar-refractivity contribution < 1.29 is 19.4 Å². The molecule has 2 N–H and O–H groups in total. The molecule has 5 nitrogen and oxygen atoms in total. The number of hydrogen-bond donors (Lipinski definition) is 2. The zero-order chi connectivity index (χ0) is 15.5. The molecule has 0 aromatic heterocycles. The molecule has 0 fully saturated rings. The first-order chi connectivity index (χ1) is 9.10. The Kier molecular flexibility index (Phi) is 4.76. The number of alkyl carbamates (subject to hydrolysis) is 1. The lowest BCUT2D eigenvalue weighted by atomic mass is 9.99. The number of amides is 1. The predicted octanol–water partition coefficient (Wildman–Crippen LogP) is 2.95. The molecule has 0 aliphatic carbocycles. The van der Waals surface area contributed by atoms with E-state index in [9.17, 15) is 14.7 Å². The van der Waals surface area contributed by atoms with Gasteiger partial charge in [-0.15, -0.1) is 0 Å². The molecule has 1 aromatic carbocycles. The monoisotopic (exact) mass is 279 g/mol. The number of benzene rings is 1. The fourth-order valence-electron chi connectivity index (χ4n) is 1.77. The van der Waals surface area contributed by atoms with E-state index in [-0.39, 0.29) is 0 Å². The van der Waals surface area contributed by atoms with Gasteiger partial charge in [-0.05, 0) is 45.7 Å². The number of carboxylic acids is 1. The van der Waals surface area contributed by atoms with E-state index in [4.69, 9.17) is 4.74 Å².